The van der Waals surface area contributed by atoms with Gasteiger partial charge in [0.05, 0.1) is 18.8 Å². The SMILES string of the molecule is C=CCCCCCBr.C=CCCCCCC[C@H](C)O.C[C@@H]1CO1. The molecule has 1 heterocycles. The van der Waals surface area contributed by atoms with E-state index >= 15 is 0 Å². The summed E-state index contributed by atoms with van der Waals surface area (Å²) in [5.74, 6) is 0. The van der Waals surface area contributed by atoms with Gasteiger partial charge in [-0.15, -0.1) is 13.2 Å². The van der Waals surface area contributed by atoms with Gasteiger partial charge in [0.1, 0.15) is 0 Å². The van der Waals surface area contributed by atoms with E-state index in [-0.39, 0.29) is 6.10 Å². The average molecular weight is 391 g/mol. The first kappa shape index (κ1) is 25.1. The van der Waals surface area contributed by atoms with Gasteiger partial charge >= 0.3 is 0 Å². The molecule has 23 heavy (non-hydrogen) atoms. The van der Waals surface area contributed by atoms with E-state index in [4.69, 9.17) is 9.84 Å². The third-order valence-corrected chi connectivity index (χ3v) is 3.88. The third-order valence-electron chi connectivity index (χ3n) is 3.32. The Morgan fingerprint density at radius 1 is 1.04 bits per heavy atom. The number of ether oxygens (including phenoxy) is 1. The van der Waals surface area contributed by atoms with Crippen molar-refractivity contribution in [3.63, 3.8) is 0 Å². The molecule has 0 amide bonds. The molecule has 1 aliphatic heterocycles. The van der Waals surface area contributed by atoms with Crippen LogP contribution in [0.3, 0.4) is 0 Å². The smallest absolute Gasteiger partial charge is 0.0781 e. The molecule has 0 radical (unpaired) electrons. The summed E-state index contributed by atoms with van der Waals surface area (Å²) >= 11 is 3.38. The molecule has 138 valence electrons. The van der Waals surface area contributed by atoms with Gasteiger partial charge in [0.2, 0.25) is 0 Å². The number of halogens is 1. The highest BCUT2D eigenvalue weighted by atomic mass is 79.9. The normalized spacial score (nSPS) is 16.3. The maximum Gasteiger partial charge on any atom is 0.0781 e. The zero-order valence-electron chi connectivity index (χ0n) is 15.4. The van der Waals surface area contributed by atoms with Crippen molar-refractivity contribution >= 4 is 15.9 Å². The molecule has 0 aromatic carbocycles. The first-order valence-electron chi connectivity index (χ1n) is 9.15. The monoisotopic (exact) mass is 390 g/mol. The first-order valence-corrected chi connectivity index (χ1v) is 10.3. The highest BCUT2D eigenvalue weighted by molar-refractivity contribution is 9.09. The number of hydrogen-bond acceptors (Lipinski definition) is 2. The molecule has 0 aromatic heterocycles. The van der Waals surface area contributed by atoms with Gasteiger partial charge in [0, 0.05) is 5.33 Å². The van der Waals surface area contributed by atoms with Crippen molar-refractivity contribution in [3.05, 3.63) is 25.3 Å². The number of epoxide rings is 1. The van der Waals surface area contributed by atoms with E-state index in [2.05, 4.69) is 36.0 Å². The van der Waals surface area contributed by atoms with Crippen LogP contribution in [0.1, 0.15) is 78.1 Å². The molecule has 1 saturated heterocycles. The number of rotatable bonds is 12. The zero-order chi connectivity index (χ0) is 17.8. The van der Waals surface area contributed by atoms with Crippen LogP contribution in [0.2, 0.25) is 0 Å². The van der Waals surface area contributed by atoms with Crippen molar-refractivity contribution in [1.82, 2.24) is 0 Å². The Labute approximate surface area is 153 Å². The van der Waals surface area contributed by atoms with Crippen LogP contribution in [0, 0.1) is 0 Å². The molecule has 0 saturated carbocycles. The number of hydrogen-bond donors (Lipinski definition) is 1. The van der Waals surface area contributed by atoms with E-state index in [1.165, 1.54) is 44.9 Å². The Hall–Kier alpha value is -0.120. The molecule has 1 N–H and O–H groups in total. The van der Waals surface area contributed by atoms with E-state index in [1.54, 1.807) is 0 Å². The summed E-state index contributed by atoms with van der Waals surface area (Å²) in [4.78, 5) is 0. The zero-order valence-corrected chi connectivity index (χ0v) is 17.0. The molecule has 0 aromatic rings. The minimum absolute atomic E-state index is 0.116. The molecule has 1 fully saturated rings. The summed E-state index contributed by atoms with van der Waals surface area (Å²) in [5, 5.41) is 10.1. The number of allylic oxidation sites excluding steroid dienone is 2. The number of aliphatic hydroxyl groups excluding tert-OH is 1. The van der Waals surface area contributed by atoms with Crippen molar-refractivity contribution in [3.8, 4) is 0 Å². The maximum absolute atomic E-state index is 8.94. The number of aliphatic hydroxyl groups is 1. The summed E-state index contributed by atoms with van der Waals surface area (Å²) in [6, 6.07) is 0. The van der Waals surface area contributed by atoms with Crippen LogP contribution in [0.25, 0.3) is 0 Å². The minimum atomic E-state index is -0.116. The average Bonchev–Trinajstić information content (AvgIpc) is 3.31. The van der Waals surface area contributed by atoms with Gasteiger partial charge in [-0.25, -0.2) is 0 Å². The van der Waals surface area contributed by atoms with E-state index in [0.717, 1.165) is 31.2 Å². The van der Waals surface area contributed by atoms with Gasteiger partial charge in [-0.1, -0.05) is 53.8 Å². The maximum atomic E-state index is 8.94. The number of unbranched alkanes of at least 4 members (excludes halogenated alkanes) is 7. The van der Waals surface area contributed by atoms with Crippen molar-refractivity contribution in [2.75, 3.05) is 11.9 Å². The van der Waals surface area contributed by atoms with Gasteiger partial charge in [-0.05, 0) is 52.4 Å². The quantitative estimate of drug-likeness (QED) is 0.180. The van der Waals surface area contributed by atoms with Crippen molar-refractivity contribution < 1.29 is 9.84 Å². The van der Waals surface area contributed by atoms with Crippen molar-refractivity contribution in [1.29, 1.82) is 0 Å². The van der Waals surface area contributed by atoms with Crippen molar-refractivity contribution in [2.45, 2.75) is 90.3 Å². The van der Waals surface area contributed by atoms with Gasteiger partial charge in [0.25, 0.3) is 0 Å². The number of alkyl halides is 1. The summed E-state index contributed by atoms with van der Waals surface area (Å²) in [6.45, 7) is 12.2. The van der Waals surface area contributed by atoms with Crippen LogP contribution in [-0.2, 0) is 4.74 Å². The Kier molecular flexibility index (Phi) is 23.9. The van der Waals surface area contributed by atoms with Crippen LogP contribution < -0.4 is 0 Å². The molecule has 2 atom stereocenters. The van der Waals surface area contributed by atoms with Gasteiger partial charge in [-0.2, -0.15) is 0 Å². The van der Waals surface area contributed by atoms with Gasteiger partial charge in [-0.3, -0.25) is 0 Å². The molecule has 1 aliphatic rings. The lowest BCUT2D eigenvalue weighted by Gasteiger charge is -2.02. The predicted octanol–water partition coefficient (Wildman–Crippen LogP) is 6.43. The molecule has 0 aliphatic carbocycles. The summed E-state index contributed by atoms with van der Waals surface area (Å²) in [6.07, 6.45) is 16.5. The minimum Gasteiger partial charge on any atom is -0.393 e. The van der Waals surface area contributed by atoms with Crippen LogP contribution in [-0.4, -0.2) is 29.3 Å². The van der Waals surface area contributed by atoms with Crippen molar-refractivity contribution in [2.24, 2.45) is 0 Å². The lowest BCUT2D eigenvalue weighted by molar-refractivity contribution is 0.180. The van der Waals surface area contributed by atoms with Gasteiger partial charge < -0.3 is 9.84 Å². The van der Waals surface area contributed by atoms with E-state index in [1.807, 2.05) is 19.1 Å². The van der Waals surface area contributed by atoms with Crippen LogP contribution in [0.4, 0.5) is 0 Å². The van der Waals surface area contributed by atoms with E-state index < -0.39 is 0 Å². The molecule has 0 unspecified atom stereocenters. The van der Waals surface area contributed by atoms with E-state index in [0.29, 0.717) is 6.10 Å². The summed E-state index contributed by atoms with van der Waals surface area (Å²) < 4.78 is 4.71. The fourth-order valence-electron chi connectivity index (χ4n) is 1.74. The summed E-state index contributed by atoms with van der Waals surface area (Å²) in [5.41, 5.74) is 0. The van der Waals surface area contributed by atoms with Gasteiger partial charge in [0.15, 0.2) is 0 Å². The Balaban J connectivity index is 0. The first-order chi connectivity index (χ1) is 11.1. The molecule has 2 nitrogen and oxygen atoms in total. The Morgan fingerprint density at radius 3 is 1.83 bits per heavy atom. The predicted molar refractivity (Wildman–Crippen MR) is 107 cm³/mol. The van der Waals surface area contributed by atoms with Crippen LogP contribution in [0.5, 0.6) is 0 Å². The largest absolute Gasteiger partial charge is 0.393 e. The Morgan fingerprint density at radius 2 is 1.48 bits per heavy atom. The highest BCUT2D eigenvalue weighted by Gasteiger charge is 2.13. The molecule has 0 spiro atoms. The third kappa shape index (κ3) is 34.3. The van der Waals surface area contributed by atoms with E-state index in [9.17, 15) is 0 Å². The standard InChI is InChI=1S/C10H20O.C7H13Br.C3H6O/c1-3-4-5-6-7-8-9-10(2)11;1-2-3-4-5-6-7-8;1-3-2-4-3/h3,10-11H,1,4-9H2,2H3;2H,1,3-7H2;3H,2H2,1H3/t10-;;3-/m0.1/s1. The summed E-state index contributed by atoms with van der Waals surface area (Å²) in [7, 11) is 0. The molecular weight excluding hydrogens is 352 g/mol. The Bertz CT molecular complexity index is 238. The highest BCUT2D eigenvalue weighted by Crippen LogP contribution is 2.07. The lowest BCUT2D eigenvalue weighted by atomic mass is 10.1. The fourth-order valence-corrected chi connectivity index (χ4v) is 2.13. The second-order valence-corrected chi connectivity index (χ2v) is 6.89. The fraction of sp³-hybridized carbons (Fsp3) is 0.800. The van der Waals surface area contributed by atoms with Crippen LogP contribution >= 0.6 is 15.9 Å². The molecular formula is C20H39BrO2. The lowest BCUT2D eigenvalue weighted by Crippen LogP contribution is -1.97. The molecule has 1 rings (SSSR count). The second kappa shape index (κ2) is 21.9. The topological polar surface area (TPSA) is 32.8 Å². The molecule has 3 heteroatoms. The van der Waals surface area contributed by atoms with Crippen LogP contribution in [0.15, 0.2) is 25.3 Å². The second-order valence-electron chi connectivity index (χ2n) is 6.10. The molecule has 0 bridgehead atoms.